The smallest absolute Gasteiger partial charge is 0.289 e. The summed E-state index contributed by atoms with van der Waals surface area (Å²) in [5.41, 5.74) is 1.15. The first-order valence-corrected chi connectivity index (χ1v) is 13.1. The molecule has 4 aromatic rings. The summed E-state index contributed by atoms with van der Waals surface area (Å²) in [7, 11) is -3.55. The highest BCUT2D eigenvalue weighted by atomic mass is 32.2. The van der Waals surface area contributed by atoms with E-state index in [2.05, 4.69) is 0 Å². The van der Waals surface area contributed by atoms with Crippen molar-refractivity contribution in [2.45, 2.75) is 30.5 Å². The second-order valence-electron chi connectivity index (χ2n) is 7.81. The van der Waals surface area contributed by atoms with Gasteiger partial charge in [0.1, 0.15) is 11.5 Å². The summed E-state index contributed by atoms with van der Waals surface area (Å²) in [5, 5.41) is 0. The monoisotopic (exact) mass is 479 g/mol. The lowest BCUT2D eigenvalue weighted by molar-refractivity contribution is 0.0713. The van der Waals surface area contributed by atoms with E-state index in [1.807, 2.05) is 49.4 Å². The van der Waals surface area contributed by atoms with Gasteiger partial charge in [0.25, 0.3) is 5.91 Å². The quantitative estimate of drug-likeness (QED) is 0.318. The second-order valence-corrected chi connectivity index (χ2v) is 11.2. The first-order valence-electron chi connectivity index (χ1n) is 10.7. The standard InChI is InChI=1S/C26H25NO4S2/c1-20-12-14-23(32-20)18-27(17-16-21-8-4-2-5-9-21)26(28)25-15-13-22(31-25)19-33(29,30)24-10-6-3-7-11-24/h2-15H,16-19H2,1H3. The molecule has 0 unspecified atom stereocenters. The molecule has 2 aromatic carbocycles. The molecule has 170 valence electrons. The lowest BCUT2D eigenvalue weighted by Crippen LogP contribution is -2.32. The molecule has 7 heteroatoms. The molecule has 0 aliphatic carbocycles. The molecule has 0 aliphatic heterocycles. The molecule has 33 heavy (non-hydrogen) atoms. The number of furan rings is 1. The minimum atomic E-state index is -3.55. The van der Waals surface area contributed by atoms with Gasteiger partial charge in [0.05, 0.1) is 11.4 Å². The summed E-state index contributed by atoms with van der Waals surface area (Å²) in [6, 6.07) is 25.4. The molecule has 0 spiro atoms. The van der Waals surface area contributed by atoms with Crippen molar-refractivity contribution in [3.8, 4) is 0 Å². The maximum Gasteiger partial charge on any atom is 0.289 e. The van der Waals surface area contributed by atoms with Gasteiger partial charge in [-0.2, -0.15) is 0 Å². The Morgan fingerprint density at radius 2 is 1.61 bits per heavy atom. The number of carbonyl (C=O) groups is 1. The van der Waals surface area contributed by atoms with Gasteiger partial charge in [-0.25, -0.2) is 8.42 Å². The maximum atomic E-state index is 13.3. The first-order chi connectivity index (χ1) is 15.9. The van der Waals surface area contributed by atoms with Gasteiger partial charge in [0.2, 0.25) is 0 Å². The molecule has 4 rings (SSSR count). The van der Waals surface area contributed by atoms with Crippen molar-refractivity contribution in [1.82, 2.24) is 4.90 Å². The summed E-state index contributed by atoms with van der Waals surface area (Å²) >= 11 is 1.66. The Kier molecular flexibility index (Phi) is 7.11. The number of thiophene rings is 1. The zero-order chi connectivity index (χ0) is 23.3. The number of amides is 1. The molecule has 0 aliphatic rings. The van der Waals surface area contributed by atoms with Gasteiger partial charge >= 0.3 is 0 Å². The van der Waals surface area contributed by atoms with Crippen LogP contribution >= 0.6 is 11.3 Å². The van der Waals surface area contributed by atoms with E-state index in [1.165, 1.54) is 4.88 Å². The van der Waals surface area contributed by atoms with Crippen LogP contribution in [0.3, 0.4) is 0 Å². The van der Waals surface area contributed by atoms with Gasteiger partial charge in [-0.1, -0.05) is 48.5 Å². The minimum Gasteiger partial charge on any atom is -0.455 e. The van der Waals surface area contributed by atoms with Crippen molar-refractivity contribution in [2.24, 2.45) is 0 Å². The number of carbonyl (C=O) groups excluding carboxylic acids is 1. The molecule has 0 fully saturated rings. The van der Waals surface area contributed by atoms with E-state index in [0.29, 0.717) is 19.5 Å². The second kappa shape index (κ2) is 10.2. The molecular formula is C26H25NO4S2. The lowest BCUT2D eigenvalue weighted by Gasteiger charge is -2.21. The highest BCUT2D eigenvalue weighted by Gasteiger charge is 2.23. The van der Waals surface area contributed by atoms with Gasteiger partial charge in [0.15, 0.2) is 15.6 Å². The number of benzene rings is 2. The molecule has 2 heterocycles. The molecule has 1 amide bonds. The third-order valence-corrected chi connectivity index (χ3v) is 7.89. The molecule has 0 radical (unpaired) electrons. The SMILES string of the molecule is Cc1ccc(CN(CCc2ccccc2)C(=O)c2ccc(CS(=O)(=O)c3ccccc3)o2)s1. The molecule has 0 atom stereocenters. The third kappa shape index (κ3) is 6.00. The lowest BCUT2D eigenvalue weighted by atomic mass is 10.1. The van der Waals surface area contributed by atoms with E-state index in [4.69, 9.17) is 4.42 Å². The zero-order valence-corrected chi connectivity index (χ0v) is 19.9. The largest absolute Gasteiger partial charge is 0.455 e. The molecule has 2 aromatic heterocycles. The van der Waals surface area contributed by atoms with Crippen molar-refractivity contribution in [2.75, 3.05) is 6.54 Å². The summed E-state index contributed by atoms with van der Waals surface area (Å²) < 4.78 is 31.0. The number of hydrogen-bond donors (Lipinski definition) is 0. The van der Waals surface area contributed by atoms with Gasteiger partial charge in [-0.3, -0.25) is 4.79 Å². The van der Waals surface area contributed by atoms with Crippen LogP contribution in [0.4, 0.5) is 0 Å². The summed E-state index contributed by atoms with van der Waals surface area (Å²) in [6.45, 7) is 3.04. The van der Waals surface area contributed by atoms with Crippen molar-refractivity contribution in [1.29, 1.82) is 0 Å². The Bertz CT molecular complexity index is 1310. The first kappa shape index (κ1) is 23.0. The van der Waals surface area contributed by atoms with E-state index < -0.39 is 9.84 Å². The summed E-state index contributed by atoms with van der Waals surface area (Å²) in [4.78, 5) is 17.6. The van der Waals surface area contributed by atoms with Crippen LogP contribution in [0.5, 0.6) is 0 Å². The number of aryl methyl sites for hydroxylation is 1. The molecule has 0 bridgehead atoms. The maximum absolute atomic E-state index is 13.3. The van der Waals surface area contributed by atoms with Crippen LogP contribution in [0, 0.1) is 6.92 Å². The van der Waals surface area contributed by atoms with E-state index in [1.54, 1.807) is 58.7 Å². The topological polar surface area (TPSA) is 67.6 Å². The fourth-order valence-corrected chi connectivity index (χ4v) is 5.72. The van der Waals surface area contributed by atoms with Crippen LogP contribution in [0.2, 0.25) is 0 Å². The molecular weight excluding hydrogens is 454 g/mol. The Hall–Kier alpha value is -3.16. The molecule has 0 saturated heterocycles. The highest BCUT2D eigenvalue weighted by molar-refractivity contribution is 7.90. The Morgan fingerprint density at radius 3 is 2.27 bits per heavy atom. The number of nitrogens with zero attached hydrogens (tertiary/aromatic N) is 1. The van der Waals surface area contributed by atoms with Gasteiger partial charge < -0.3 is 9.32 Å². The Morgan fingerprint density at radius 1 is 0.909 bits per heavy atom. The molecule has 0 saturated carbocycles. The fraction of sp³-hybridized carbons (Fsp3) is 0.192. The van der Waals surface area contributed by atoms with Gasteiger partial charge in [-0.05, 0) is 55.3 Å². The van der Waals surface area contributed by atoms with Crippen LogP contribution in [-0.2, 0) is 28.6 Å². The van der Waals surface area contributed by atoms with Gasteiger partial charge in [0, 0.05) is 16.3 Å². The van der Waals surface area contributed by atoms with E-state index in [-0.39, 0.29) is 28.1 Å². The van der Waals surface area contributed by atoms with Crippen molar-refractivity contribution in [3.63, 3.8) is 0 Å². The van der Waals surface area contributed by atoms with Crippen molar-refractivity contribution in [3.05, 3.63) is 112 Å². The van der Waals surface area contributed by atoms with Crippen LogP contribution in [0.25, 0.3) is 0 Å². The van der Waals surface area contributed by atoms with Crippen LogP contribution < -0.4 is 0 Å². The average Bonchev–Trinajstić information content (AvgIpc) is 3.46. The van der Waals surface area contributed by atoms with E-state index in [0.717, 1.165) is 10.4 Å². The average molecular weight is 480 g/mol. The number of hydrogen-bond acceptors (Lipinski definition) is 5. The van der Waals surface area contributed by atoms with E-state index in [9.17, 15) is 13.2 Å². The predicted octanol–water partition coefficient (Wildman–Crippen LogP) is 5.51. The molecule has 0 N–H and O–H groups in total. The normalized spacial score (nSPS) is 11.4. The fourth-order valence-electron chi connectivity index (χ4n) is 3.54. The Labute approximate surface area is 198 Å². The van der Waals surface area contributed by atoms with Crippen molar-refractivity contribution >= 4 is 27.1 Å². The van der Waals surface area contributed by atoms with E-state index >= 15 is 0 Å². The summed E-state index contributed by atoms with van der Waals surface area (Å²) in [5.74, 6) is -0.148. The van der Waals surface area contributed by atoms with Gasteiger partial charge in [-0.15, -0.1) is 11.3 Å². The number of rotatable bonds is 9. The highest BCUT2D eigenvalue weighted by Crippen LogP contribution is 2.22. The van der Waals surface area contributed by atoms with Crippen molar-refractivity contribution < 1.29 is 17.6 Å². The zero-order valence-electron chi connectivity index (χ0n) is 18.3. The number of sulfone groups is 1. The van der Waals surface area contributed by atoms with Crippen LogP contribution in [0.15, 0.2) is 94.2 Å². The minimum absolute atomic E-state index is 0.148. The Balaban J connectivity index is 1.51. The summed E-state index contributed by atoms with van der Waals surface area (Å²) in [6.07, 6.45) is 0.715. The predicted molar refractivity (Wildman–Crippen MR) is 130 cm³/mol. The molecule has 5 nitrogen and oxygen atoms in total. The third-order valence-electron chi connectivity index (χ3n) is 5.25. The van der Waals surface area contributed by atoms with Crippen LogP contribution in [-0.4, -0.2) is 25.8 Å². The van der Waals surface area contributed by atoms with Crippen LogP contribution in [0.1, 0.15) is 31.6 Å².